The van der Waals surface area contributed by atoms with Gasteiger partial charge in [-0.05, 0) is 12.1 Å². The molecule has 0 fully saturated rings. The van der Waals surface area contributed by atoms with Gasteiger partial charge in [0.15, 0.2) is 0 Å². The van der Waals surface area contributed by atoms with Crippen LogP contribution in [0.5, 0.6) is 0 Å². The lowest BCUT2D eigenvalue weighted by Crippen LogP contribution is -2.30. The summed E-state index contributed by atoms with van der Waals surface area (Å²) in [6.07, 6.45) is 3.55. The summed E-state index contributed by atoms with van der Waals surface area (Å²) in [5, 5.41) is 3.53. The molecule has 0 unspecified atom stereocenters. The molecular weight excluding hydrogens is 287 g/mol. The molecular formula is C12H10Cl2N4O. The molecule has 2 aliphatic heterocycles. The Hall–Kier alpha value is -1.85. The summed E-state index contributed by atoms with van der Waals surface area (Å²) in [7, 11) is 0. The minimum absolute atomic E-state index is 0.278. The van der Waals surface area contributed by atoms with Crippen LogP contribution >= 0.6 is 23.2 Å². The highest BCUT2D eigenvalue weighted by Gasteiger charge is 2.26. The minimum atomic E-state index is -0.278. The Labute approximate surface area is 119 Å². The highest BCUT2D eigenvalue weighted by Crippen LogP contribution is 2.30. The van der Waals surface area contributed by atoms with Crippen molar-refractivity contribution in [2.24, 2.45) is 0 Å². The van der Waals surface area contributed by atoms with Crippen LogP contribution in [0.4, 0.5) is 10.5 Å². The largest absolute Gasteiger partial charge is 0.326 e. The summed E-state index contributed by atoms with van der Waals surface area (Å²) < 4.78 is 0. The van der Waals surface area contributed by atoms with Gasteiger partial charge in [0.1, 0.15) is 0 Å². The molecule has 7 heteroatoms. The van der Waals surface area contributed by atoms with Crippen molar-refractivity contribution in [3.05, 3.63) is 51.9 Å². The fraction of sp³-hybridized carbons (Fsp3) is 0.0833. The summed E-state index contributed by atoms with van der Waals surface area (Å²) in [5.41, 5.74) is 8.15. The number of hydrogen-bond acceptors (Lipinski definition) is 3. The molecule has 2 amide bonds. The number of nitrogens with one attached hydrogen (secondary N) is 3. The Bertz CT molecular complexity index is 591. The van der Waals surface area contributed by atoms with Crippen molar-refractivity contribution in [2.75, 3.05) is 11.9 Å². The Morgan fingerprint density at radius 2 is 2.05 bits per heavy atom. The van der Waals surface area contributed by atoms with Crippen LogP contribution in [0.2, 0.25) is 10.0 Å². The summed E-state index contributed by atoms with van der Waals surface area (Å²) in [5.74, 6) is 0. The molecule has 19 heavy (non-hydrogen) atoms. The second-order valence-corrected chi connectivity index (χ2v) is 4.95. The molecule has 2 aliphatic rings. The van der Waals surface area contributed by atoms with Gasteiger partial charge in [-0.25, -0.2) is 4.79 Å². The number of hydrogen-bond donors (Lipinski definition) is 3. The zero-order valence-corrected chi connectivity index (χ0v) is 11.2. The van der Waals surface area contributed by atoms with Crippen LogP contribution in [-0.2, 0) is 0 Å². The van der Waals surface area contributed by atoms with Gasteiger partial charge in [0, 0.05) is 18.0 Å². The monoisotopic (exact) mass is 296 g/mol. The predicted octanol–water partition coefficient (Wildman–Crippen LogP) is 2.67. The van der Waals surface area contributed by atoms with Crippen LogP contribution in [-0.4, -0.2) is 17.5 Å². The van der Waals surface area contributed by atoms with E-state index in [2.05, 4.69) is 16.2 Å². The molecule has 1 aromatic carbocycles. The number of fused-ring (bicyclic) bond motifs is 1. The van der Waals surface area contributed by atoms with E-state index >= 15 is 0 Å². The van der Waals surface area contributed by atoms with E-state index in [4.69, 9.17) is 23.2 Å². The lowest BCUT2D eigenvalue weighted by molar-refractivity contribution is 0.232. The number of carbonyl (C=O) groups excluding carboxylic acids is 1. The van der Waals surface area contributed by atoms with Gasteiger partial charge in [-0.2, -0.15) is 0 Å². The predicted molar refractivity (Wildman–Crippen MR) is 74.6 cm³/mol. The summed E-state index contributed by atoms with van der Waals surface area (Å²) in [6.45, 7) is 0.503. The molecule has 0 radical (unpaired) electrons. The van der Waals surface area contributed by atoms with Gasteiger partial charge >= 0.3 is 6.03 Å². The number of urea groups is 1. The molecule has 98 valence electrons. The Kier molecular flexibility index (Phi) is 3.00. The SMILES string of the molecule is O=C(Nc1c(Cl)cccc1Cl)N1C=C2NNC=C2C1. The number of benzene rings is 1. The fourth-order valence-corrected chi connectivity index (χ4v) is 2.41. The summed E-state index contributed by atoms with van der Waals surface area (Å²) in [6, 6.07) is 4.80. The van der Waals surface area contributed by atoms with Gasteiger partial charge in [0.25, 0.3) is 0 Å². The Morgan fingerprint density at radius 3 is 2.74 bits per heavy atom. The maximum Gasteiger partial charge on any atom is 0.326 e. The Balaban J connectivity index is 1.76. The number of halogens is 2. The van der Waals surface area contributed by atoms with Gasteiger partial charge < -0.3 is 10.7 Å². The first-order valence-electron chi connectivity index (χ1n) is 5.59. The zero-order valence-electron chi connectivity index (χ0n) is 9.71. The first-order chi connectivity index (χ1) is 9.15. The fourth-order valence-electron chi connectivity index (χ4n) is 1.92. The molecule has 5 nitrogen and oxygen atoms in total. The smallest absolute Gasteiger partial charge is 0.308 e. The van der Waals surface area contributed by atoms with E-state index in [1.54, 1.807) is 29.3 Å². The second-order valence-electron chi connectivity index (χ2n) is 4.14. The van der Waals surface area contributed by atoms with E-state index in [0.29, 0.717) is 22.3 Å². The highest BCUT2D eigenvalue weighted by molar-refractivity contribution is 6.39. The summed E-state index contributed by atoms with van der Waals surface area (Å²) >= 11 is 12.0. The van der Waals surface area contributed by atoms with E-state index in [1.165, 1.54) is 0 Å². The van der Waals surface area contributed by atoms with Gasteiger partial charge in [0.05, 0.1) is 28.0 Å². The van der Waals surface area contributed by atoms with Gasteiger partial charge in [-0.1, -0.05) is 29.3 Å². The van der Waals surface area contributed by atoms with Crippen molar-refractivity contribution >= 4 is 34.9 Å². The standard InChI is InChI=1S/C12H10Cl2N4O/c13-8-2-1-3-9(14)11(8)16-12(19)18-5-7-4-15-17-10(7)6-18/h1-4,6,15,17H,5H2,(H,16,19). The maximum absolute atomic E-state index is 12.1. The average Bonchev–Trinajstić information content (AvgIpc) is 2.94. The van der Waals surface area contributed by atoms with E-state index in [9.17, 15) is 4.79 Å². The van der Waals surface area contributed by atoms with Gasteiger partial charge in [-0.3, -0.25) is 10.3 Å². The van der Waals surface area contributed by atoms with E-state index in [1.807, 2.05) is 6.20 Å². The maximum atomic E-state index is 12.1. The van der Waals surface area contributed by atoms with Crippen LogP contribution in [0.1, 0.15) is 0 Å². The van der Waals surface area contributed by atoms with E-state index < -0.39 is 0 Å². The summed E-state index contributed by atoms with van der Waals surface area (Å²) in [4.78, 5) is 13.7. The first kappa shape index (κ1) is 12.2. The highest BCUT2D eigenvalue weighted by atomic mass is 35.5. The molecule has 0 bridgehead atoms. The average molecular weight is 297 g/mol. The number of carbonyl (C=O) groups is 1. The first-order valence-corrected chi connectivity index (χ1v) is 6.35. The number of para-hydroxylation sites is 1. The number of rotatable bonds is 1. The number of anilines is 1. The van der Waals surface area contributed by atoms with Crippen molar-refractivity contribution < 1.29 is 4.79 Å². The van der Waals surface area contributed by atoms with E-state index in [-0.39, 0.29) is 6.03 Å². The molecule has 3 rings (SSSR count). The zero-order chi connectivity index (χ0) is 13.4. The molecule has 0 aromatic heterocycles. The van der Waals surface area contributed by atoms with Crippen LogP contribution < -0.4 is 16.2 Å². The van der Waals surface area contributed by atoms with E-state index in [0.717, 1.165) is 11.3 Å². The normalized spacial score (nSPS) is 16.2. The number of nitrogens with zero attached hydrogens (tertiary/aromatic N) is 1. The quantitative estimate of drug-likeness (QED) is 0.747. The lowest BCUT2D eigenvalue weighted by atomic mass is 10.3. The third-order valence-electron chi connectivity index (χ3n) is 2.88. The van der Waals surface area contributed by atoms with Crippen molar-refractivity contribution in [3.8, 4) is 0 Å². The third kappa shape index (κ3) is 2.22. The van der Waals surface area contributed by atoms with Crippen molar-refractivity contribution in [1.29, 1.82) is 0 Å². The molecule has 0 saturated carbocycles. The van der Waals surface area contributed by atoms with Gasteiger partial charge in [0.2, 0.25) is 0 Å². The molecule has 0 aliphatic carbocycles. The third-order valence-corrected chi connectivity index (χ3v) is 3.51. The second kappa shape index (κ2) is 4.68. The molecule has 3 N–H and O–H groups in total. The van der Waals surface area contributed by atoms with Crippen molar-refractivity contribution in [2.45, 2.75) is 0 Å². The van der Waals surface area contributed by atoms with Crippen LogP contribution in [0.15, 0.2) is 41.9 Å². The minimum Gasteiger partial charge on any atom is -0.308 e. The Morgan fingerprint density at radius 1 is 1.32 bits per heavy atom. The lowest BCUT2D eigenvalue weighted by Gasteiger charge is -2.16. The molecule has 0 spiro atoms. The van der Waals surface area contributed by atoms with Gasteiger partial charge in [-0.15, -0.1) is 0 Å². The van der Waals surface area contributed by atoms with Crippen LogP contribution in [0.3, 0.4) is 0 Å². The molecule has 2 heterocycles. The van der Waals surface area contributed by atoms with Crippen LogP contribution in [0, 0.1) is 0 Å². The van der Waals surface area contributed by atoms with Crippen molar-refractivity contribution in [3.63, 3.8) is 0 Å². The van der Waals surface area contributed by atoms with Crippen LogP contribution in [0.25, 0.3) is 0 Å². The molecule has 0 atom stereocenters. The molecule has 0 saturated heterocycles. The molecule has 1 aromatic rings. The topological polar surface area (TPSA) is 56.4 Å². The number of amides is 2. The number of hydrazine groups is 1. The van der Waals surface area contributed by atoms with Crippen molar-refractivity contribution in [1.82, 2.24) is 15.8 Å².